The molecule has 1 aromatic carbocycles. The second-order valence-corrected chi connectivity index (χ2v) is 6.36. The minimum Gasteiger partial charge on any atom is -0.491 e. The Morgan fingerprint density at radius 1 is 1.08 bits per heavy atom. The zero-order valence-corrected chi connectivity index (χ0v) is 15.6. The molecule has 1 atom stereocenters. The summed E-state index contributed by atoms with van der Waals surface area (Å²) in [7, 11) is 0. The van der Waals surface area contributed by atoms with E-state index in [0.717, 1.165) is 12.2 Å². The van der Waals surface area contributed by atoms with E-state index in [1.54, 1.807) is 30.3 Å². The van der Waals surface area contributed by atoms with Gasteiger partial charge in [-0.05, 0) is 63.6 Å². The van der Waals surface area contributed by atoms with Gasteiger partial charge in [0.25, 0.3) is 11.8 Å². The first-order chi connectivity index (χ1) is 12.4. The molecule has 0 aliphatic rings. The van der Waals surface area contributed by atoms with Gasteiger partial charge >= 0.3 is 0 Å². The van der Waals surface area contributed by atoms with Crippen LogP contribution in [0.1, 0.15) is 55.0 Å². The highest BCUT2D eigenvalue weighted by Gasteiger charge is 2.13. The first-order valence-electron chi connectivity index (χ1n) is 8.74. The van der Waals surface area contributed by atoms with Gasteiger partial charge in [0, 0.05) is 23.5 Å². The molecule has 1 aromatic heterocycles. The highest BCUT2D eigenvalue weighted by molar-refractivity contribution is 6.04. The summed E-state index contributed by atoms with van der Waals surface area (Å²) in [5, 5.41) is 5.64. The molecule has 0 fully saturated rings. The van der Waals surface area contributed by atoms with E-state index in [-0.39, 0.29) is 29.7 Å². The Labute approximate surface area is 154 Å². The molecule has 2 aromatic rings. The number of pyridine rings is 1. The molecule has 0 saturated heterocycles. The van der Waals surface area contributed by atoms with Crippen molar-refractivity contribution in [1.29, 1.82) is 0 Å². The van der Waals surface area contributed by atoms with Crippen LogP contribution in [0.15, 0.2) is 42.6 Å². The van der Waals surface area contributed by atoms with Crippen molar-refractivity contribution in [2.24, 2.45) is 0 Å². The van der Waals surface area contributed by atoms with Crippen molar-refractivity contribution < 1.29 is 14.3 Å². The lowest BCUT2D eigenvalue weighted by Crippen LogP contribution is -2.32. The van der Waals surface area contributed by atoms with E-state index >= 15 is 0 Å². The van der Waals surface area contributed by atoms with Crippen LogP contribution in [0.4, 0.5) is 5.69 Å². The van der Waals surface area contributed by atoms with Crippen molar-refractivity contribution in [3.05, 3.63) is 53.9 Å². The van der Waals surface area contributed by atoms with Crippen molar-refractivity contribution in [3.8, 4) is 5.75 Å². The maximum atomic E-state index is 12.4. The van der Waals surface area contributed by atoms with Gasteiger partial charge < -0.3 is 15.4 Å². The third-order valence-electron chi connectivity index (χ3n) is 3.73. The summed E-state index contributed by atoms with van der Waals surface area (Å²) in [6.07, 6.45) is 2.38. The van der Waals surface area contributed by atoms with Gasteiger partial charge in [0.2, 0.25) is 0 Å². The summed E-state index contributed by atoms with van der Waals surface area (Å²) in [6.45, 7) is 7.82. The molecule has 0 aliphatic carbocycles. The zero-order valence-electron chi connectivity index (χ0n) is 15.6. The molecule has 2 N–H and O–H groups in total. The summed E-state index contributed by atoms with van der Waals surface area (Å²) in [5.74, 6) is 0.145. The Hall–Kier alpha value is -2.89. The van der Waals surface area contributed by atoms with Gasteiger partial charge in [-0.2, -0.15) is 0 Å². The molecule has 6 nitrogen and oxygen atoms in total. The predicted octanol–water partition coefficient (Wildman–Crippen LogP) is 3.65. The number of nitrogens with one attached hydrogen (secondary N) is 2. The van der Waals surface area contributed by atoms with Gasteiger partial charge in [0.15, 0.2) is 0 Å². The van der Waals surface area contributed by atoms with Gasteiger partial charge in [0.05, 0.1) is 6.10 Å². The quantitative estimate of drug-likeness (QED) is 0.794. The number of benzene rings is 1. The van der Waals surface area contributed by atoms with Gasteiger partial charge in [-0.3, -0.25) is 14.6 Å². The SMILES string of the molecule is CCC(C)NC(=O)c1ccnc(C(=O)Nc2ccc(OC(C)C)cc2)c1. The lowest BCUT2D eigenvalue weighted by Gasteiger charge is -2.12. The van der Waals surface area contributed by atoms with Crippen LogP contribution >= 0.6 is 0 Å². The van der Waals surface area contributed by atoms with Gasteiger partial charge in [-0.1, -0.05) is 6.92 Å². The zero-order chi connectivity index (χ0) is 19.1. The second-order valence-electron chi connectivity index (χ2n) is 6.36. The highest BCUT2D eigenvalue weighted by atomic mass is 16.5. The van der Waals surface area contributed by atoms with Crippen LogP contribution in [0.5, 0.6) is 5.75 Å². The molecule has 0 spiro atoms. The maximum absolute atomic E-state index is 12.4. The number of anilines is 1. The second kappa shape index (κ2) is 8.99. The molecule has 0 bridgehead atoms. The predicted molar refractivity (Wildman–Crippen MR) is 102 cm³/mol. The fraction of sp³-hybridized carbons (Fsp3) is 0.350. The van der Waals surface area contributed by atoms with Crippen molar-refractivity contribution in [3.63, 3.8) is 0 Å². The third-order valence-corrected chi connectivity index (χ3v) is 3.73. The number of rotatable bonds is 7. The largest absolute Gasteiger partial charge is 0.491 e. The number of aromatic nitrogens is 1. The van der Waals surface area contributed by atoms with E-state index in [9.17, 15) is 9.59 Å². The number of hydrogen-bond donors (Lipinski definition) is 2. The number of hydrogen-bond acceptors (Lipinski definition) is 4. The number of ether oxygens (including phenoxy) is 1. The normalized spacial score (nSPS) is 11.7. The number of nitrogens with zero attached hydrogens (tertiary/aromatic N) is 1. The first-order valence-corrected chi connectivity index (χ1v) is 8.74. The minimum atomic E-state index is -0.374. The minimum absolute atomic E-state index is 0.0690. The Bertz CT molecular complexity index is 757. The fourth-order valence-electron chi connectivity index (χ4n) is 2.19. The van der Waals surface area contributed by atoms with Gasteiger partial charge in [0.1, 0.15) is 11.4 Å². The summed E-state index contributed by atoms with van der Waals surface area (Å²) >= 11 is 0. The monoisotopic (exact) mass is 355 g/mol. The standard InChI is InChI=1S/C20H25N3O3/c1-5-14(4)22-19(24)15-10-11-21-18(12-15)20(25)23-16-6-8-17(9-7-16)26-13(2)3/h6-14H,5H2,1-4H3,(H,22,24)(H,23,25). The van der Waals surface area contributed by atoms with E-state index in [1.165, 1.54) is 12.3 Å². The van der Waals surface area contributed by atoms with Gasteiger partial charge in [-0.15, -0.1) is 0 Å². The van der Waals surface area contributed by atoms with Crippen LogP contribution < -0.4 is 15.4 Å². The topological polar surface area (TPSA) is 80.3 Å². The van der Waals surface area contributed by atoms with E-state index in [2.05, 4.69) is 15.6 Å². The van der Waals surface area contributed by atoms with Crippen molar-refractivity contribution in [1.82, 2.24) is 10.3 Å². The molecule has 0 saturated carbocycles. The molecular formula is C20H25N3O3. The van der Waals surface area contributed by atoms with E-state index < -0.39 is 0 Å². The molecular weight excluding hydrogens is 330 g/mol. The Kier molecular flexibility index (Phi) is 6.72. The Balaban J connectivity index is 2.05. The molecule has 2 rings (SSSR count). The smallest absolute Gasteiger partial charge is 0.274 e. The summed E-state index contributed by atoms with van der Waals surface area (Å²) in [4.78, 5) is 28.6. The molecule has 6 heteroatoms. The summed E-state index contributed by atoms with van der Waals surface area (Å²) in [6, 6.07) is 10.2. The lowest BCUT2D eigenvalue weighted by molar-refractivity contribution is 0.0939. The molecule has 26 heavy (non-hydrogen) atoms. The Morgan fingerprint density at radius 3 is 2.38 bits per heavy atom. The average Bonchev–Trinajstić information content (AvgIpc) is 2.62. The van der Waals surface area contributed by atoms with Crippen LogP contribution in [-0.4, -0.2) is 28.9 Å². The Morgan fingerprint density at radius 2 is 1.77 bits per heavy atom. The number of carbonyl (C=O) groups is 2. The molecule has 0 radical (unpaired) electrons. The van der Waals surface area contributed by atoms with Crippen molar-refractivity contribution in [2.45, 2.75) is 46.3 Å². The molecule has 138 valence electrons. The van der Waals surface area contributed by atoms with Crippen LogP contribution in [0.25, 0.3) is 0 Å². The molecule has 0 aliphatic heterocycles. The van der Waals surface area contributed by atoms with Gasteiger partial charge in [-0.25, -0.2) is 0 Å². The average molecular weight is 355 g/mol. The third kappa shape index (κ3) is 5.58. The van der Waals surface area contributed by atoms with Crippen LogP contribution in [0.2, 0.25) is 0 Å². The summed E-state index contributed by atoms with van der Waals surface area (Å²) < 4.78 is 5.57. The summed E-state index contributed by atoms with van der Waals surface area (Å²) in [5.41, 5.74) is 1.22. The van der Waals surface area contributed by atoms with Crippen molar-refractivity contribution >= 4 is 17.5 Å². The number of amides is 2. The molecule has 2 amide bonds. The molecule has 1 unspecified atom stereocenters. The lowest BCUT2D eigenvalue weighted by atomic mass is 10.2. The first kappa shape index (κ1) is 19.4. The van der Waals surface area contributed by atoms with Crippen LogP contribution in [0.3, 0.4) is 0 Å². The van der Waals surface area contributed by atoms with E-state index in [4.69, 9.17) is 4.74 Å². The highest BCUT2D eigenvalue weighted by Crippen LogP contribution is 2.17. The molecule has 1 heterocycles. The van der Waals surface area contributed by atoms with E-state index in [0.29, 0.717) is 11.3 Å². The fourth-order valence-corrected chi connectivity index (χ4v) is 2.19. The van der Waals surface area contributed by atoms with Crippen LogP contribution in [0, 0.1) is 0 Å². The van der Waals surface area contributed by atoms with Crippen LogP contribution in [-0.2, 0) is 0 Å². The number of carbonyl (C=O) groups excluding carboxylic acids is 2. The van der Waals surface area contributed by atoms with E-state index in [1.807, 2.05) is 27.7 Å². The van der Waals surface area contributed by atoms with Crippen molar-refractivity contribution in [2.75, 3.05) is 5.32 Å². The maximum Gasteiger partial charge on any atom is 0.274 e.